The van der Waals surface area contributed by atoms with Gasteiger partial charge in [-0.05, 0) is 36.8 Å². The highest BCUT2D eigenvalue weighted by molar-refractivity contribution is 5.89. The van der Waals surface area contributed by atoms with Crippen LogP contribution in [0.25, 0.3) is 0 Å². The predicted octanol–water partition coefficient (Wildman–Crippen LogP) is 4.35. The second kappa shape index (κ2) is 8.98. The normalized spacial score (nSPS) is 10.9. The van der Waals surface area contributed by atoms with Gasteiger partial charge in [-0.25, -0.2) is 4.79 Å². The number of ether oxygens (including phenoxy) is 2. The van der Waals surface area contributed by atoms with Crippen molar-refractivity contribution in [2.75, 3.05) is 18.5 Å². The van der Waals surface area contributed by atoms with Crippen molar-refractivity contribution in [3.63, 3.8) is 0 Å². The lowest BCUT2D eigenvalue weighted by Crippen LogP contribution is -2.28. The smallest absolute Gasteiger partial charge is 0.422 e. The van der Waals surface area contributed by atoms with Crippen molar-refractivity contribution < 1.29 is 27.4 Å². The highest BCUT2D eigenvalue weighted by atomic mass is 19.4. The van der Waals surface area contributed by atoms with Crippen LogP contribution in [0.15, 0.2) is 48.5 Å². The number of amides is 2. The molecule has 5 nitrogen and oxygen atoms in total. The molecule has 0 unspecified atom stereocenters. The number of benzene rings is 2. The van der Waals surface area contributed by atoms with Crippen LogP contribution in [0.1, 0.15) is 12.5 Å². The molecule has 2 rings (SSSR count). The Bertz CT molecular complexity index is 736. The van der Waals surface area contributed by atoms with Gasteiger partial charge in [0.2, 0.25) is 0 Å². The van der Waals surface area contributed by atoms with E-state index in [4.69, 9.17) is 4.74 Å². The minimum absolute atomic E-state index is 0.0893. The molecule has 0 heterocycles. The first-order valence-corrected chi connectivity index (χ1v) is 7.92. The Morgan fingerprint density at radius 3 is 2.42 bits per heavy atom. The SMILES string of the molecule is CCOc1cccc(NC(=O)NCc2cccc(OCC(F)(F)F)c2)c1. The summed E-state index contributed by atoms with van der Waals surface area (Å²) in [6.45, 7) is 1.16. The zero-order chi connectivity index (χ0) is 19.0. The van der Waals surface area contributed by atoms with E-state index >= 15 is 0 Å². The van der Waals surface area contributed by atoms with Crippen LogP contribution in [0.3, 0.4) is 0 Å². The molecule has 0 spiro atoms. The van der Waals surface area contributed by atoms with E-state index in [0.717, 1.165) is 0 Å². The van der Waals surface area contributed by atoms with Crippen molar-refractivity contribution in [3.8, 4) is 11.5 Å². The van der Waals surface area contributed by atoms with Gasteiger partial charge in [0.25, 0.3) is 0 Å². The first kappa shape index (κ1) is 19.4. The molecule has 2 amide bonds. The molecule has 0 fully saturated rings. The number of anilines is 1. The molecule has 2 aromatic rings. The summed E-state index contributed by atoms with van der Waals surface area (Å²) < 4.78 is 46.6. The Morgan fingerprint density at radius 2 is 1.73 bits per heavy atom. The Labute approximate surface area is 149 Å². The third kappa shape index (κ3) is 6.92. The Balaban J connectivity index is 1.86. The summed E-state index contributed by atoms with van der Waals surface area (Å²) in [4.78, 5) is 12.0. The van der Waals surface area contributed by atoms with E-state index in [1.165, 1.54) is 12.1 Å². The van der Waals surface area contributed by atoms with E-state index in [1.807, 2.05) is 6.92 Å². The molecule has 26 heavy (non-hydrogen) atoms. The minimum atomic E-state index is -4.40. The Morgan fingerprint density at radius 1 is 1.04 bits per heavy atom. The van der Waals surface area contributed by atoms with Gasteiger partial charge in [-0.3, -0.25) is 0 Å². The molecule has 8 heteroatoms. The van der Waals surface area contributed by atoms with Gasteiger partial charge in [-0.1, -0.05) is 18.2 Å². The largest absolute Gasteiger partial charge is 0.494 e. The maximum atomic E-state index is 12.2. The zero-order valence-corrected chi connectivity index (χ0v) is 14.1. The van der Waals surface area contributed by atoms with Gasteiger partial charge in [-0.15, -0.1) is 0 Å². The first-order chi connectivity index (χ1) is 12.4. The molecule has 140 valence electrons. The standard InChI is InChI=1S/C18H19F3N2O3/c1-2-25-16-8-4-6-14(10-16)23-17(24)22-11-13-5-3-7-15(9-13)26-12-18(19,20)21/h3-10H,2,11-12H2,1H3,(H2,22,23,24). The summed E-state index contributed by atoms with van der Waals surface area (Å²) in [7, 11) is 0. The van der Waals surface area contributed by atoms with Gasteiger partial charge in [0, 0.05) is 18.3 Å². The molecule has 0 bridgehead atoms. The molecule has 2 aromatic carbocycles. The summed E-state index contributed by atoms with van der Waals surface area (Å²) in [6.07, 6.45) is -4.40. The number of alkyl halides is 3. The van der Waals surface area contributed by atoms with Crippen molar-refractivity contribution in [1.29, 1.82) is 0 Å². The van der Waals surface area contributed by atoms with Crippen LogP contribution in [0.5, 0.6) is 11.5 Å². The van der Waals surface area contributed by atoms with Crippen molar-refractivity contribution in [3.05, 3.63) is 54.1 Å². The maximum absolute atomic E-state index is 12.2. The molecule has 0 atom stereocenters. The summed E-state index contributed by atoms with van der Waals surface area (Å²) in [6, 6.07) is 12.6. The van der Waals surface area contributed by atoms with Gasteiger partial charge in [0.05, 0.1) is 6.61 Å². The van der Waals surface area contributed by atoms with Crippen LogP contribution in [-0.4, -0.2) is 25.4 Å². The summed E-state index contributed by atoms with van der Waals surface area (Å²) in [5.74, 6) is 0.728. The van der Waals surface area contributed by atoms with E-state index in [9.17, 15) is 18.0 Å². The number of carbonyl (C=O) groups excluding carboxylic acids is 1. The summed E-state index contributed by atoms with van der Waals surface area (Å²) in [5, 5.41) is 5.29. The third-order valence-corrected chi connectivity index (χ3v) is 3.16. The fourth-order valence-corrected chi connectivity index (χ4v) is 2.10. The van der Waals surface area contributed by atoms with Crippen LogP contribution in [-0.2, 0) is 6.54 Å². The van der Waals surface area contributed by atoms with E-state index in [-0.39, 0.29) is 12.3 Å². The topological polar surface area (TPSA) is 59.6 Å². The molecule has 0 aromatic heterocycles. The number of urea groups is 1. The molecule has 0 radical (unpaired) electrons. The number of hydrogen-bond donors (Lipinski definition) is 2. The average Bonchev–Trinajstić information content (AvgIpc) is 2.59. The predicted molar refractivity (Wildman–Crippen MR) is 91.5 cm³/mol. The second-order valence-electron chi connectivity index (χ2n) is 5.32. The number of carbonyl (C=O) groups is 1. The molecule has 0 aliphatic rings. The highest BCUT2D eigenvalue weighted by Crippen LogP contribution is 2.20. The molecular formula is C18H19F3N2O3. The van der Waals surface area contributed by atoms with Crippen LogP contribution in [0.4, 0.5) is 23.7 Å². The van der Waals surface area contributed by atoms with Crippen molar-refractivity contribution in [1.82, 2.24) is 5.32 Å². The van der Waals surface area contributed by atoms with Gasteiger partial charge < -0.3 is 20.1 Å². The highest BCUT2D eigenvalue weighted by Gasteiger charge is 2.28. The van der Waals surface area contributed by atoms with Crippen LogP contribution in [0.2, 0.25) is 0 Å². The van der Waals surface area contributed by atoms with Gasteiger partial charge in [-0.2, -0.15) is 13.2 Å². The molecule has 0 aliphatic heterocycles. The molecular weight excluding hydrogens is 349 g/mol. The fourth-order valence-electron chi connectivity index (χ4n) is 2.10. The fraction of sp³-hybridized carbons (Fsp3) is 0.278. The number of halogens is 3. The van der Waals surface area contributed by atoms with E-state index in [2.05, 4.69) is 15.4 Å². The van der Waals surface area contributed by atoms with Gasteiger partial charge in [0.1, 0.15) is 11.5 Å². The number of hydrogen-bond acceptors (Lipinski definition) is 3. The van der Waals surface area contributed by atoms with Crippen molar-refractivity contribution in [2.24, 2.45) is 0 Å². The van der Waals surface area contributed by atoms with E-state index in [1.54, 1.807) is 36.4 Å². The molecule has 0 aliphatic carbocycles. The summed E-state index contributed by atoms with van der Waals surface area (Å²) in [5.41, 5.74) is 1.18. The van der Waals surface area contributed by atoms with Crippen molar-refractivity contribution in [2.45, 2.75) is 19.6 Å². The average molecular weight is 368 g/mol. The number of nitrogens with one attached hydrogen (secondary N) is 2. The van der Waals surface area contributed by atoms with E-state index in [0.29, 0.717) is 23.6 Å². The van der Waals surface area contributed by atoms with Crippen LogP contribution >= 0.6 is 0 Å². The van der Waals surface area contributed by atoms with Crippen molar-refractivity contribution >= 4 is 11.7 Å². The lowest BCUT2D eigenvalue weighted by Gasteiger charge is -2.11. The quantitative estimate of drug-likeness (QED) is 0.764. The third-order valence-electron chi connectivity index (χ3n) is 3.16. The Kier molecular flexibility index (Phi) is 6.71. The maximum Gasteiger partial charge on any atom is 0.422 e. The van der Waals surface area contributed by atoms with Gasteiger partial charge >= 0.3 is 12.2 Å². The van der Waals surface area contributed by atoms with E-state index < -0.39 is 18.8 Å². The van der Waals surface area contributed by atoms with Crippen LogP contribution < -0.4 is 20.1 Å². The Hall–Kier alpha value is -2.90. The van der Waals surface area contributed by atoms with Crippen LogP contribution in [0, 0.1) is 0 Å². The van der Waals surface area contributed by atoms with Gasteiger partial charge in [0.15, 0.2) is 6.61 Å². The lowest BCUT2D eigenvalue weighted by atomic mass is 10.2. The molecule has 0 saturated heterocycles. The lowest BCUT2D eigenvalue weighted by molar-refractivity contribution is -0.153. The minimum Gasteiger partial charge on any atom is -0.494 e. The first-order valence-electron chi connectivity index (χ1n) is 7.92. The monoisotopic (exact) mass is 368 g/mol. The number of rotatable bonds is 7. The second-order valence-corrected chi connectivity index (χ2v) is 5.32. The molecule has 0 saturated carbocycles. The molecule has 2 N–H and O–H groups in total. The summed E-state index contributed by atoms with van der Waals surface area (Å²) >= 11 is 0. The zero-order valence-electron chi connectivity index (χ0n) is 14.1.